The van der Waals surface area contributed by atoms with Crippen LogP contribution in [0.3, 0.4) is 0 Å². The van der Waals surface area contributed by atoms with E-state index in [1.165, 1.54) is 0 Å². The topological polar surface area (TPSA) is 185 Å². The molecule has 0 fully saturated rings. The molecule has 0 aromatic carbocycles. The van der Waals surface area contributed by atoms with E-state index < -0.39 is 112 Å². The van der Waals surface area contributed by atoms with Crippen molar-refractivity contribution in [2.45, 2.75) is 236 Å². The van der Waals surface area contributed by atoms with Crippen molar-refractivity contribution in [3.8, 4) is 0 Å². The second-order valence-electron chi connectivity index (χ2n) is 23.9. The standard InChI is InChI=1S/C48H124O20Si13/c1-29-49-77(50-30-2,51-31-3)45-41-69(13,14)61-73(21,22)65-81(66-74(23,24)62-70(15,16)42-46-78(52-32-4,53-33-5)54-34-6,67-75(25,26)63-71(17,18)43-47-79(55-35-7,56-36-8)57-37-9)68-76(27,28)64-72(19,20)44-48-80(58-38-10,59-39-11)60-40-12/h29-48H2,1-28H3. The van der Waals surface area contributed by atoms with E-state index in [1.54, 1.807) is 0 Å². The van der Waals surface area contributed by atoms with Crippen molar-refractivity contribution in [3.05, 3.63) is 0 Å². The Morgan fingerprint density at radius 1 is 0.173 bits per heavy atom. The van der Waals surface area contributed by atoms with Crippen molar-refractivity contribution in [2.75, 3.05) is 79.3 Å². The molecule has 0 aliphatic carbocycles. The van der Waals surface area contributed by atoms with Crippen LogP contribution in [0.1, 0.15) is 83.1 Å². The SMILES string of the molecule is CCO[Si](CC[Si](C)(C)O[Si](C)(C)O[Si](O[Si](C)(C)O[Si](C)(C)CC[Si](OCC)(OCC)OCC)(O[Si](C)(C)O[Si](C)(C)CC[Si](OCC)(OCC)OCC)O[Si](C)(C)O[Si](C)(C)CC[Si](OCC)(OCC)OCC)(OCC)OCC. The van der Waals surface area contributed by atoms with Gasteiger partial charge in [-0.25, -0.2) is 0 Å². The van der Waals surface area contributed by atoms with Crippen molar-refractivity contribution < 1.29 is 86.0 Å². The molecule has 0 N–H and O–H groups in total. The Hall–Kier alpha value is 2.02. The summed E-state index contributed by atoms with van der Waals surface area (Å²) >= 11 is 0. The summed E-state index contributed by atoms with van der Waals surface area (Å²) in [7, 11) is -40.5. The lowest BCUT2D eigenvalue weighted by Crippen LogP contribution is -2.70. The lowest BCUT2D eigenvalue weighted by atomic mass is 10.9. The third-order valence-electron chi connectivity index (χ3n) is 12.1. The number of rotatable bonds is 52. The van der Waals surface area contributed by atoms with Crippen LogP contribution in [0, 0.1) is 0 Å². The van der Waals surface area contributed by atoms with Gasteiger partial charge in [0.15, 0.2) is 33.3 Å². The maximum atomic E-state index is 7.71. The Balaban J connectivity index is 8.33. The van der Waals surface area contributed by atoms with Crippen LogP contribution in [0.5, 0.6) is 0 Å². The van der Waals surface area contributed by atoms with Crippen LogP contribution < -0.4 is 0 Å². The van der Waals surface area contributed by atoms with Gasteiger partial charge in [-0.2, -0.15) is 0 Å². The zero-order chi connectivity index (χ0) is 62.8. The van der Waals surface area contributed by atoms with Gasteiger partial charge in [0.25, 0.3) is 0 Å². The average molecular weight is 1390 g/mol. The maximum Gasteiger partial charge on any atom is 0.643 e. The molecule has 0 aromatic heterocycles. The van der Waals surface area contributed by atoms with Crippen LogP contribution in [-0.4, -0.2) is 191 Å². The first kappa shape index (κ1) is 83.0. The average Bonchev–Trinajstić information content (AvgIpc) is 3.28. The van der Waals surface area contributed by atoms with Crippen molar-refractivity contribution in [1.82, 2.24) is 0 Å². The quantitative estimate of drug-likeness (QED) is 0.0523. The molecule has 0 aliphatic rings. The monoisotopic (exact) mass is 1380 g/mol. The molecule has 0 heterocycles. The molecule has 81 heavy (non-hydrogen) atoms. The van der Waals surface area contributed by atoms with Gasteiger partial charge in [0.05, 0.1) is 0 Å². The fourth-order valence-corrected chi connectivity index (χ4v) is 70.6. The van der Waals surface area contributed by atoms with E-state index >= 15 is 0 Å². The Morgan fingerprint density at radius 3 is 0.407 bits per heavy atom. The second kappa shape index (κ2) is 37.4. The molecule has 488 valence electrons. The van der Waals surface area contributed by atoms with E-state index in [0.29, 0.717) is 128 Å². The van der Waals surface area contributed by atoms with E-state index in [1.807, 2.05) is 83.1 Å². The first-order valence-electron chi connectivity index (χ1n) is 30.5. The van der Waals surface area contributed by atoms with Gasteiger partial charge in [-0.3, -0.25) is 0 Å². The largest absolute Gasteiger partial charge is 0.643 e. The summed E-state index contributed by atoms with van der Waals surface area (Å²) in [4.78, 5) is 0. The molecule has 20 nitrogen and oxygen atoms in total. The van der Waals surface area contributed by atoms with Crippen molar-refractivity contribution in [1.29, 1.82) is 0 Å². The zero-order valence-corrected chi connectivity index (χ0v) is 69.8. The van der Waals surface area contributed by atoms with Gasteiger partial charge in [-0.1, -0.05) is 0 Å². The van der Waals surface area contributed by atoms with Gasteiger partial charge in [0.1, 0.15) is 0 Å². The first-order chi connectivity index (χ1) is 37.2. The van der Waals surface area contributed by atoms with E-state index in [-0.39, 0.29) is 0 Å². The molecule has 33 heteroatoms. The highest BCUT2D eigenvalue weighted by Gasteiger charge is 2.63. The fraction of sp³-hybridized carbons (Fsp3) is 1.00. The van der Waals surface area contributed by atoms with Gasteiger partial charge in [0.2, 0.25) is 0 Å². The minimum absolute atomic E-state index is 0.486. The normalized spacial score (nSPS) is 14.7. The minimum Gasteiger partial charge on any atom is -0.436 e. The Morgan fingerprint density at radius 2 is 0.296 bits per heavy atom. The zero-order valence-electron chi connectivity index (χ0n) is 56.8. The lowest BCUT2D eigenvalue weighted by molar-refractivity contribution is 0.0715. The van der Waals surface area contributed by atoms with Crippen LogP contribution in [0.2, 0.25) is 153 Å². The van der Waals surface area contributed by atoms with Crippen LogP contribution in [0.25, 0.3) is 0 Å². The fourth-order valence-electron chi connectivity index (χ4n) is 10.1. The summed E-state index contributed by atoms with van der Waals surface area (Å²) in [6, 6.07) is 5.22. The molecular formula is C48H124O20Si13. The van der Waals surface area contributed by atoms with Crippen LogP contribution in [0.4, 0.5) is 0 Å². The lowest BCUT2D eigenvalue weighted by Gasteiger charge is -2.48. The van der Waals surface area contributed by atoms with Crippen LogP contribution in [-0.2, 0) is 86.0 Å². The van der Waals surface area contributed by atoms with Crippen molar-refractivity contribution >= 4 is 112 Å². The first-order valence-corrected chi connectivity index (χ1v) is 63.6. The molecule has 0 amide bonds. The van der Waals surface area contributed by atoms with Gasteiger partial charge in [-0.05, 0) is 212 Å². The van der Waals surface area contributed by atoms with Crippen molar-refractivity contribution in [3.63, 3.8) is 0 Å². The van der Waals surface area contributed by atoms with E-state index in [4.69, 9.17) is 86.0 Å². The minimum atomic E-state index is -4.55. The molecule has 0 radical (unpaired) electrons. The van der Waals surface area contributed by atoms with E-state index in [2.05, 4.69) is 105 Å². The second-order valence-corrected chi connectivity index (χ2v) is 69.6. The highest BCUT2D eigenvalue weighted by Crippen LogP contribution is 2.38. The predicted molar refractivity (Wildman–Crippen MR) is 355 cm³/mol. The smallest absolute Gasteiger partial charge is 0.436 e. The summed E-state index contributed by atoms with van der Waals surface area (Å²) < 4.78 is 137. The Labute approximate surface area is 510 Å². The molecule has 0 spiro atoms. The molecule has 0 saturated heterocycles. The summed E-state index contributed by atoms with van der Waals surface area (Å²) in [6.45, 7) is 63.8. The highest BCUT2D eigenvalue weighted by molar-refractivity contribution is 6.95. The van der Waals surface area contributed by atoms with Gasteiger partial charge < -0.3 is 86.0 Å². The highest BCUT2D eigenvalue weighted by atomic mass is 28.6. The third-order valence-corrected chi connectivity index (χ3v) is 60.7. The van der Waals surface area contributed by atoms with Gasteiger partial charge in [-0.15, -0.1) is 0 Å². The number of hydrogen-bond donors (Lipinski definition) is 0. The predicted octanol–water partition coefficient (Wildman–Crippen LogP) is 13.4. The molecular weight excluding hydrogens is 1260 g/mol. The molecule has 0 unspecified atom stereocenters. The summed E-state index contributed by atoms with van der Waals surface area (Å²) in [5, 5.41) is 0. The summed E-state index contributed by atoms with van der Waals surface area (Å²) in [5.74, 6) is 0. The van der Waals surface area contributed by atoms with Crippen molar-refractivity contribution in [2.24, 2.45) is 0 Å². The Bertz CT molecular complexity index is 1390. The molecule has 0 atom stereocenters. The molecule has 0 saturated carbocycles. The van der Waals surface area contributed by atoms with E-state index in [0.717, 1.165) is 0 Å². The van der Waals surface area contributed by atoms with Gasteiger partial charge in [0, 0.05) is 103 Å². The molecule has 0 aromatic rings. The maximum absolute atomic E-state index is 7.71. The summed E-state index contributed by atoms with van der Waals surface area (Å²) in [6.07, 6.45) is 0. The van der Waals surface area contributed by atoms with Crippen LogP contribution in [0.15, 0.2) is 0 Å². The van der Waals surface area contributed by atoms with Gasteiger partial charge >= 0.3 is 78.5 Å². The molecule has 0 bridgehead atoms. The molecule has 0 rings (SSSR count). The van der Waals surface area contributed by atoms with Crippen LogP contribution >= 0.6 is 0 Å². The van der Waals surface area contributed by atoms with E-state index in [9.17, 15) is 0 Å². The third kappa shape index (κ3) is 33.1. The Kier molecular flexibility index (Phi) is 38.3. The number of hydrogen-bond acceptors (Lipinski definition) is 20. The molecule has 0 aliphatic heterocycles. The summed E-state index contributed by atoms with van der Waals surface area (Å²) in [5.41, 5.74) is 0.